The lowest BCUT2D eigenvalue weighted by molar-refractivity contribution is -0.0517. The Hall–Kier alpha value is -1.22. The molecule has 1 atom stereocenters. The van der Waals surface area contributed by atoms with Gasteiger partial charge in [0, 0.05) is 6.42 Å². The molecule has 0 aliphatic carbocycles. The zero-order valence-corrected chi connectivity index (χ0v) is 15.5. The van der Waals surface area contributed by atoms with Crippen LogP contribution in [0.2, 0.25) is 0 Å². The summed E-state index contributed by atoms with van der Waals surface area (Å²) in [6.07, 6.45) is 0.981. The lowest BCUT2D eigenvalue weighted by Gasteiger charge is -2.11. The van der Waals surface area contributed by atoms with Crippen molar-refractivity contribution in [3.8, 4) is 0 Å². The van der Waals surface area contributed by atoms with Crippen molar-refractivity contribution in [3.63, 3.8) is 0 Å². The quantitative estimate of drug-likeness (QED) is 0.315. The Morgan fingerprint density at radius 1 is 1.00 bits per heavy atom. The molecule has 0 bridgehead atoms. The van der Waals surface area contributed by atoms with E-state index in [1.807, 2.05) is 12.1 Å². The average molecular weight is 413 g/mol. The summed E-state index contributed by atoms with van der Waals surface area (Å²) in [7, 11) is -6.12. The van der Waals surface area contributed by atoms with Gasteiger partial charge >= 0.3 is 5.51 Å². The van der Waals surface area contributed by atoms with E-state index in [0.717, 1.165) is 6.42 Å². The maximum atomic E-state index is 10.7. The van der Waals surface area contributed by atoms with Gasteiger partial charge in [0.2, 0.25) is 4.71 Å². The summed E-state index contributed by atoms with van der Waals surface area (Å²) in [6, 6.07) is 21.1. The van der Waals surface area contributed by atoms with Crippen LogP contribution in [0, 0.1) is 0 Å². The molecule has 0 aliphatic heterocycles. The maximum Gasteiger partial charge on any atom is 0.485 e. The Balaban J connectivity index is 0.000000333. The molecule has 0 spiro atoms. The van der Waals surface area contributed by atoms with E-state index >= 15 is 0 Å². The molecule has 1 unspecified atom stereocenters. The smallest absolute Gasteiger partial charge is 0.485 e. The van der Waals surface area contributed by atoms with Gasteiger partial charge in [-0.15, -0.1) is 0 Å². The first-order valence-electron chi connectivity index (χ1n) is 7.07. The molecule has 2 aromatic rings. The van der Waals surface area contributed by atoms with Crippen LogP contribution in [0.15, 0.2) is 70.5 Å². The molecule has 0 saturated heterocycles. The summed E-state index contributed by atoms with van der Waals surface area (Å²) in [6.45, 7) is 2.14. The summed E-state index contributed by atoms with van der Waals surface area (Å²) < 4.78 is 59.1. The van der Waals surface area contributed by atoms with Crippen LogP contribution in [0.4, 0.5) is 13.2 Å². The Bertz CT molecular complexity index is 699. The zero-order valence-electron chi connectivity index (χ0n) is 13.1. The van der Waals surface area contributed by atoms with Gasteiger partial charge in [-0.25, -0.2) is 8.42 Å². The van der Waals surface area contributed by atoms with Gasteiger partial charge in [0.05, 0.1) is 10.9 Å². The standard InChI is InChI=1S/C15H16ClS.CHF3O3S/c1-2-15(16)17(13-9-5-3-6-10-13)14-11-7-4-8-12-14;2-1(3,4)8(5,6)7/h3-12,15H,2H2,1H3;(H,5,6,7)/q+1;/p-1. The highest BCUT2D eigenvalue weighted by molar-refractivity contribution is 7.98. The Morgan fingerprint density at radius 2 is 1.32 bits per heavy atom. The van der Waals surface area contributed by atoms with Crippen LogP contribution in [-0.2, 0) is 21.0 Å². The zero-order chi connectivity index (χ0) is 19.1. The Labute approximate surface area is 152 Å². The molecule has 3 nitrogen and oxygen atoms in total. The summed E-state index contributed by atoms with van der Waals surface area (Å²) in [5.74, 6) is 0. The number of halogens is 4. The molecule has 0 amide bonds. The lowest BCUT2D eigenvalue weighted by atomic mass is 10.4. The topological polar surface area (TPSA) is 57.2 Å². The SMILES string of the molecule is CCC(Cl)[S+](c1ccccc1)c1ccccc1.O=S(=O)([O-])C(F)(F)F. The maximum absolute atomic E-state index is 10.7. The molecule has 9 heteroatoms. The molecule has 0 saturated carbocycles. The Morgan fingerprint density at radius 3 is 1.56 bits per heavy atom. The molecule has 0 heterocycles. The van der Waals surface area contributed by atoms with E-state index in [9.17, 15) is 13.2 Å². The van der Waals surface area contributed by atoms with E-state index in [1.165, 1.54) is 9.79 Å². The first-order valence-corrected chi connectivity index (χ1v) is 10.2. The molecule has 0 aromatic heterocycles. The highest BCUT2D eigenvalue weighted by atomic mass is 35.5. The van der Waals surface area contributed by atoms with Gasteiger partial charge in [0.1, 0.15) is 0 Å². The first kappa shape index (κ1) is 21.8. The highest BCUT2D eigenvalue weighted by Crippen LogP contribution is 2.30. The molecule has 0 aliphatic rings. The monoisotopic (exact) mass is 412 g/mol. The van der Waals surface area contributed by atoms with Crippen molar-refractivity contribution in [2.45, 2.75) is 33.4 Å². The van der Waals surface area contributed by atoms with Crippen LogP contribution < -0.4 is 0 Å². The third kappa shape index (κ3) is 6.89. The molecule has 2 rings (SSSR count). The molecule has 138 valence electrons. The predicted molar refractivity (Wildman–Crippen MR) is 92.5 cm³/mol. The molecule has 0 radical (unpaired) electrons. The fourth-order valence-corrected chi connectivity index (χ4v) is 4.45. The number of benzene rings is 2. The number of rotatable bonds is 4. The molecule has 2 aromatic carbocycles. The fraction of sp³-hybridized carbons (Fsp3) is 0.250. The van der Waals surface area contributed by atoms with E-state index in [4.69, 9.17) is 24.6 Å². The van der Waals surface area contributed by atoms with Gasteiger partial charge in [-0.3, -0.25) is 0 Å². The first-order chi connectivity index (χ1) is 11.6. The van der Waals surface area contributed by atoms with Crippen LogP contribution >= 0.6 is 11.6 Å². The van der Waals surface area contributed by atoms with E-state index in [1.54, 1.807) is 0 Å². The number of hydrogen-bond donors (Lipinski definition) is 0. The Kier molecular flexibility index (Phi) is 8.27. The minimum atomic E-state index is -6.09. The van der Waals surface area contributed by atoms with Gasteiger partial charge < -0.3 is 4.55 Å². The minimum absolute atomic E-state index is 0.0306. The largest absolute Gasteiger partial charge is 0.741 e. The van der Waals surface area contributed by atoms with Crippen molar-refractivity contribution in [1.82, 2.24) is 0 Å². The van der Waals surface area contributed by atoms with Crippen LogP contribution in [0.1, 0.15) is 13.3 Å². The van der Waals surface area contributed by atoms with Crippen molar-refractivity contribution in [2.75, 3.05) is 0 Å². The number of alkyl halides is 4. The lowest BCUT2D eigenvalue weighted by Crippen LogP contribution is -2.21. The second kappa shape index (κ2) is 9.47. The van der Waals surface area contributed by atoms with Crippen molar-refractivity contribution in [2.24, 2.45) is 0 Å². The summed E-state index contributed by atoms with van der Waals surface area (Å²) in [5, 5.41) is 0. The summed E-state index contributed by atoms with van der Waals surface area (Å²) in [5.41, 5.74) is -5.65. The van der Waals surface area contributed by atoms with E-state index in [2.05, 4.69) is 55.5 Å². The second-order valence-electron chi connectivity index (χ2n) is 4.68. The third-order valence-corrected chi connectivity index (χ3v) is 6.67. The van der Waals surface area contributed by atoms with Crippen LogP contribution in [0.3, 0.4) is 0 Å². The van der Waals surface area contributed by atoms with E-state index in [0.29, 0.717) is 0 Å². The van der Waals surface area contributed by atoms with Gasteiger partial charge in [-0.05, 0) is 24.3 Å². The predicted octanol–water partition coefficient (Wildman–Crippen LogP) is 4.75. The number of hydrogen-bond acceptors (Lipinski definition) is 3. The van der Waals surface area contributed by atoms with Gasteiger partial charge in [0.25, 0.3) is 0 Å². The van der Waals surface area contributed by atoms with Crippen molar-refractivity contribution in [3.05, 3.63) is 60.7 Å². The second-order valence-corrected chi connectivity index (χ2v) is 9.03. The molecular formula is C16H16ClF3O3S2. The van der Waals surface area contributed by atoms with Gasteiger partial charge in [-0.2, -0.15) is 13.2 Å². The van der Waals surface area contributed by atoms with Crippen LogP contribution in [0.5, 0.6) is 0 Å². The fourth-order valence-electron chi connectivity index (χ4n) is 1.73. The van der Waals surface area contributed by atoms with Crippen molar-refractivity contribution < 1.29 is 26.1 Å². The van der Waals surface area contributed by atoms with Crippen molar-refractivity contribution >= 4 is 32.6 Å². The van der Waals surface area contributed by atoms with Crippen LogP contribution in [0.25, 0.3) is 0 Å². The van der Waals surface area contributed by atoms with Gasteiger partial charge in [0.15, 0.2) is 19.9 Å². The molecule has 25 heavy (non-hydrogen) atoms. The van der Waals surface area contributed by atoms with E-state index in [-0.39, 0.29) is 15.6 Å². The third-order valence-electron chi connectivity index (χ3n) is 2.85. The highest BCUT2D eigenvalue weighted by Gasteiger charge is 2.37. The normalized spacial score (nSPS) is 13.1. The van der Waals surface area contributed by atoms with Gasteiger partial charge in [-0.1, -0.05) is 54.9 Å². The molecular weight excluding hydrogens is 397 g/mol. The average Bonchev–Trinajstić information content (AvgIpc) is 2.55. The van der Waals surface area contributed by atoms with E-state index < -0.39 is 15.6 Å². The van der Waals surface area contributed by atoms with Crippen molar-refractivity contribution in [1.29, 1.82) is 0 Å². The summed E-state index contributed by atoms with van der Waals surface area (Å²) in [4.78, 5) is 2.64. The summed E-state index contributed by atoms with van der Waals surface area (Å²) >= 11 is 6.51. The molecule has 0 N–H and O–H groups in total. The molecule has 0 fully saturated rings. The van der Waals surface area contributed by atoms with Crippen LogP contribution in [-0.4, -0.2) is 23.2 Å². The minimum Gasteiger partial charge on any atom is -0.741 e.